The Morgan fingerprint density at radius 2 is 1.41 bits per heavy atom. The third-order valence-electron chi connectivity index (χ3n) is 5.85. The van der Waals surface area contributed by atoms with Crippen LogP contribution in [-0.4, -0.2) is 68.9 Å². The predicted octanol–water partition coefficient (Wildman–Crippen LogP) is 4.76. The fraction of sp³-hybridized carbons (Fsp3) is 0.250. The van der Waals surface area contributed by atoms with Crippen LogP contribution in [0.1, 0.15) is 31.8 Å². The zero-order valence-corrected chi connectivity index (χ0v) is 25.8. The van der Waals surface area contributed by atoms with Gasteiger partial charge in [0.2, 0.25) is 0 Å². The summed E-state index contributed by atoms with van der Waals surface area (Å²) in [4.78, 5) is 29.6. The second-order valence-corrected chi connectivity index (χ2v) is 11.6. The standard InChI is InChI=1S/C28H25Cl3FNO10S/c1-40-33-12-23(32)26(42-28(37)19-8-4-17(14-35)5-9-19)24(15-41-27(36)18-6-2-16(13-34)3-7-18)43-44(38,39)25-11-21(30)20(29)10-22(25)31/h2-12,23-24,26,34-35H,13-15H2,1H3/b33-12-/t23-,24-,26+/m1/s1. The minimum atomic E-state index is -4.92. The highest BCUT2D eigenvalue weighted by molar-refractivity contribution is 7.87. The van der Waals surface area contributed by atoms with Gasteiger partial charge < -0.3 is 24.5 Å². The van der Waals surface area contributed by atoms with Gasteiger partial charge in [-0.2, -0.15) is 8.42 Å². The Hall–Kier alpha value is -3.30. The normalized spacial score (nSPS) is 13.7. The molecule has 3 aromatic carbocycles. The number of aliphatic hydroxyl groups excluding tert-OH is 2. The molecule has 0 radical (unpaired) electrons. The van der Waals surface area contributed by atoms with E-state index in [0.29, 0.717) is 17.3 Å². The first-order valence-corrected chi connectivity index (χ1v) is 15.0. The molecule has 2 N–H and O–H groups in total. The van der Waals surface area contributed by atoms with Crippen LogP contribution in [0.25, 0.3) is 0 Å². The maximum absolute atomic E-state index is 15.6. The van der Waals surface area contributed by atoms with E-state index in [1.807, 2.05) is 0 Å². The number of benzene rings is 3. The van der Waals surface area contributed by atoms with Crippen molar-refractivity contribution in [1.82, 2.24) is 0 Å². The quantitative estimate of drug-likeness (QED) is 0.0794. The summed E-state index contributed by atoms with van der Waals surface area (Å²) in [6.45, 7) is -1.55. The fourth-order valence-corrected chi connectivity index (χ4v) is 5.61. The van der Waals surface area contributed by atoms with Crippen LogP contribution in [0.3, 0.4) is 0 Å². The number of hydrogen-bond acceptors (Lipinski definition) is 11. The van der Waals surface area contributed by atoms with E-state index >= 15 is 4.39 Å². The molecule has 0 heterocycles. The molecule has 44 heavy (non-hydrogen) atoms. The fourth-order valence-electron chi connectivity index (χ4n) is 3.56. The monoisotopic (exact) mass is 691 g/mol. The van der Waals surface area contributed by atoms with Gasteiger partial charge >= 0.3 is 11.9 Å². The zero-order valence-electron chi connectivity index (χ0n) is 22.7. The predicted molar refractivity (Wildman–Crippen MR) is 158 cm³/mol. The van der Waals surface area contributed by atoms with Crippen molar-refractivity contribution in [3.8, 4) is 0 Å². The van der Waals surface area contributed by atoms with Crippen LogP contribution < -0.4 is 0 Å². The second kappa shape index (κ2) is 16.1. The summed E-state index contributed by atoms with van der Waals surface area (Å²) in [6, 6.07) is 12.9. The van der Waals surface area contributed by atoms with Crippen LogP contribution in [-0.2, 0) is 41.8 Å². The molecule has 0 unspecified atom stereocenters. The van der Waals surface area contributed by atoms with Gasteiger partial charge in [0.1, 0.15) is 18.6 Å². The molecule has 0 saturated heterocycles. The molecular weight excluding hydrogens is 668 g/mol. The van der Waals surface area contributed by atoms with Crippen molar-refractivity contribution in [2.24, 2.45) is 5.16 Å². The van der Waals surface area contributed by atoms with Crippen molar-refractivity contribution in [2.45, 2.75) is 36.5 Å². The first-order valence-electron chi connectivity index (χ1n) is 12.5. The molecule has 11 nitrogen and oxygen atoms in total. The summed E-state index contributed by atoms with van der Waals surface area (Å²) >= 11 is 18.0. The van der Waals surface area contributed by atoms with Crippen LogP contribution in [0.15, 0.2) is 70.7 Å². The van der Waals surface area contributed by atoms with Gasteiger partial charge in [0.25, 0.3) is 10.1 Å². The van der Waals surface area contributed by atoms with Gasteiger partial charge in [-0.05, 0) is 47.5 Å². The van der Waals surface area contributed by atoms with E-state index in [9.17, 15) is 28.2 Å². The van der Waals surface area contributed by atoms with E-state index in [1.54, 1.807) is 0 Å². The lowest BCUT2D eigenvalue weighted by molar-refractivity contribution is -0.0478. The molecule has 3 atom stereocenters. The highest BCUT2D eigenvalue weighted by Crippen LogP contribution is 2.33. The smallest absolute Gasteiger partial charge is 0.338 e. The molecule has 0 aromatic heterocycles. The summed E-state index contributed by atoms with van der Waals surface area (Å²) in [7, 11) is -3.80. The van der Waals surface area contributed by atoms with Crippen LogP contribution in [0.4, 0.5) is 4.39 Å². The molecule has 0 aliphatic rings. The minimum absolute atomic E-state index is 0.00611. The molecule has 0 aliphatic carbocycles. The third-order valence-corrected chi connectivity index (χ3v) is 8.37. The summed E-state index contributed by atoms with van der Waals surface area (Å²) in [6.07, 6.45) is -5.90. The maximum Gasteiger partial charge on any atom is 0.338 e. The van der Waals surface area contributed by atoms with E-state index < -0.39 is 57.0 Å². The molecule has 236 valence electrons. The Balaban J connectivity index is 2.01. The van der Waals surface area contributed by atoms with Crippen molar-refractivity contribution < 1.29 is 51.1 Å². The highest BCUT2D eigenvalue weighted by atomic mass is 35.5. The van der Waals surface area contributed by atoms with Gasteiger partial charge in [-0.15, -0.1) is 0 Å². The van der Waals surface area contributed by atoms with Crippen molar-refractivity contribution in [3.63, 3.8) is 0 Å². The largest absolute Gasteiger partial charge is 0.459 e. The number of rotatable bonds is 14. The van der Waals surface area contributed by atoms with Gasteiger partial charge in [0.05, 0.1) is 45.6 Å². The lowest BCUT2D eigenvalue weighted by Crippen LogP contribution is -2.45. The van der Waals surface area contributed by atoms with E-state index in [0.717, 1.165) is 19.2 Å². The van der Waals surface area contributed by atoms with E-state index in [2.05, 4.69) is 9.99 Å². The van der Waals surface area contributed by atoms with Crippen molar-refractivity contribution >= 4 is 63.1 Å². The van der Waals surface area contributed by atoms with Gasteiger partial charge in [-0.25, -0.2) is 14.0 Å². The Morgan fingerprint density at radius 3 is 1.93 bits per heavy atom. The summed E-state index contributed by atoms with van der Waals surface area (Å²) < 4.78 is 58.1. The lowest BCUT2D eigenvalue weighted by Gasteiger charge is -2.27. The maximum atomic E-state index is 15.6. The Morgan fingerprint density at radius 1 is 0.886 bits per heavy atom. The molecule has 0 saturated carbocycles. The van der Waals surface area contributed by atoms with E-state index in [4.69, 9.17) is 48.5 Å². The van der Waals surface area contributed by atoms with Crippen LogP contribution >= 0.6 is 34.8 Å². The van der Waals surface area contributed by atoms with Crippen molar-refractivity contribution in [1.29, 1.82) is 0 Å². The molecule has 0 amide bonds. The number of carbonyl (C=O) groups is 2. The average molecular weight is 693 g/mol. The third kappa shape index (κ3) is 9.35. The molecule has 16 heteroatoms. The summed E-state index contributed by atoms with van der Waals surface area (Å²) in [5.41, 5.74) is 0.896. The molecule has 0 fully saturated rings. The van der Waals surface area contributed by atoms with Crippen molar-refractivity contribution in [3.05, 3.63) is 98.0 Å². The molecule has 0 bridgehead atoms. The first kappa shape index (κ1) is 35.2. The molecule has 3 aromatic rings. The average Bonchev–Trinajstić information content (AvgIpc) is 3.02. The lowest BCUT2D eigenvalue weighted by atomic mass is 10.1. The van der Waals surface area contributed by atoms with Gasteiger partial charge in [0.15, 0.2) is 18.4 Å². The SMILES string of the molecule is CO/N=C\[C@@H](F)[C@H](OC(=O)c1ccc(CO)cc1)[C@@H](COC(=O)c1ccc(CO)cc1)OS(=O)(=O)c1cc(Cl)c(Cl)cc1Cl. The molecular formula is C28H25Cl3FNO10S. The number of ether oxygens (including phenoxy) is 2. The molecule has 0 spiro atoms. The molecule has 0 aliphatic heterocycles. The van der Waals surface area contributed by atoms with E-state index in [-0.39, 0.29) is 34.4 Å². The van der Waals surface area contributed by atoms with E-state index in [1.165, 1.54) is 48.5 Å². The van der Waals surface area contributed by atoms with Gasteiger partial charge in [-0.3, -0.25) is 4.18 Å². The number of hydrogen-bond donors (Lipinski definition) is 2. The Kier molecular flexibility index (Phi) is 12.9. The highest BCUT2D eigenvalue weighted by Gasteiger charge is 2.39. The number of halogens is 4. The number of alkyl halides is 1. The van der Waals surface area contributed by atoms with Gasteiger partial charge in [-0.1, -0.05) is 64.2 Å². The Labute approximate surface area is 266 Å². The topological polar surface area (TPSA) is 158 Å². The number of oxime groups is 1. The number of nitrogens with zero attached hydrogens (tertiary/aromatic N) is 1. The number of carbonyl (C=O) groups excluding carboxylic acids is 2. The second-order valence-electron chi connectivity index (χ2n) is 8.85. The Bertz CT molecular complexity index is 1590. The zero-order chi connectivity index (χ0) is 32.4. The van der Waals surface area contributed by atoms with Crippen molar-refractivity contribution in [2.75, 3.05) is 13.7 Å². The van der Waals surface area contributed by atoms with Gasteiger partial charge in [0, 0.05) is 0 Å². The molecule has 3 rings (SSSR count). The van der Waals surface area contributed by atoms with Crippen LogP contribution in [0, 0.1) is 0 Å². The summed E-state index contributed by atoms with van der Waals surface area (Å²) in [5, 5.41) is 21.2. The minimum Gasteiger partial charge on any atom is -0.459 e. The van der Waals surface area contributed by atoms with Crippen LogP contribution in [0.5, 0.6) is 0 Å². The van der Waals surface area contributed by atoms with Crippen LogP contribution in [0.2, 0.25) is 15.1 Å². The summed E-state index contributed by atoms with van der Waals surface area (Å²) in [5.74, 6) is -2.09. The first-order chi connectivity index (χ1) is 20.9. The number of aliphatic hydroxyl groups is 2. The number of esters is 2.